The maximum atomic E-state index is 10.5. The Bertz CT molecular complexity index is 56.9. The second-order valence-electron chi connectivity index (χ2n) is 2.10. The van der Waals surface area contributed by atoms with Gasteiger partial charge in [0, 0.05) is 0 Å². The fourth-order valence-electron chi connectivity index (χ4n) is 0.946. The molecule has 0 unspecified atom stereocenters. The lowest BCUT2D eigenvalue weighted by Gasteiger charge is -2.25. The summed E-state index contributed by atoms with van der Waals surface area (Å²) in [4.78, 5) is 0. The first-order valence-corrected chi connectivity index (χ1v) is 2.91. The van der Waals surface area contributed by atoms with Gasteiger partial charge in [0.2, 0.25) is 0 Å². The number of nitrogens with one attached hydrogen (secondary N) is 1. The maximum absolute atomic E-state index is 10.5. The summed E-state index contributed by atoms with van der Waals surface area (Å²) in [6, 6.07) is 0. The van der Waals surface area contributed by atoms with Crippen LogP contribution in [-0.2, 0) is 0 Å². The van der Waals surface area contributed by atoms with Crippen LogP contribution < -0.4 is 5.06 Å². The van der Waals surface area contributed by atoms with Crippen LogP contribution in [-0.4, -0.2) is 18.6 Å². The zero-order valence-electron chi connectivity index (χ0n) is 5.35. The molecule has 0 atom stereocenters. The summed E-state index contributed by atoms with van der Waals surface area (Å²) in [5.41, 5.74) is 0. The highest BCUT2D eigenvalue weighted by Gasteiger charge is 2.02. The van der Waals surface area contributed by atoms with Crippen molar-refractivity contribution in [3.8, 4) is 0 Å². The van der Waals surface area contributed by atoms with Crippen LogP contribution in [0.3, 0.4) is 0 Å². The zero-order valence-corrected chi connectivity index (χ0v) is 6.17. The SMILES string of the molecule is Cl.O.[O-][NH+]1CCCCC1. The first-order valence-electron chi connectivity index (χ1n) is 2.91. The van der Waals surface area contributed by atoms with Gasteiger partial charge in [-0.15, -0.1) is 12.4 Å². The summed E-state index contributed by atoms with van der Waals surface area (Å²) in [5.74, 6) is 0. The summed E-state index contributed by atoms with van der Waals surface area (Å²) < 4.78 is 0. The molecule has 1 saturated heterocycles. The van der Waals surface area contributed by atoms with Crippen LogP contribution in [0.2, 0.25) is 0 Å². The van der Waals surface area contributed by atoms with Crippen molar-refractivity contribution in [1.29, 1.82) is 0 Å². The predicted molar refractivity (Wildman–Crippen MR) is 38.8 cm³/mol. The van der Waals surface area contributed by atoms with Gasteiger partial charge in [0.1, 0.15) is 0 Å². The number of quaternary nitrogens is 1. The summed E-state index contributed by atoms with van der Waals surface area (Å²) in [5, 5.41) is 10.9. The molecule has 1 heterocycles. The Hall–Kier alpha value is 0.170. The van der Waals surface area contributed by atoms with Crippen LogP contribution in [0, 0.1) is 5.21 Å². The summed E-state index contributed by atoms with van der Waals surface area (Å²) in [6.07, 6.45) is 3.55. The van der Waals surface area contributed by atoms with E-state index in [9.17, 15) is 5.21 Å². The molecule has 0 saturated carbocycles. The Morgan fingerprint density at radius 1 is 1.00 bits per heavy atom. The number of hydrogen-bond acceptors (Lipinski definition) is 1. The Kier molecular flexibility index (Phi) is 8.32. The van der Waals surface area contributed by atoms with Gasteiger partial charge in [-0.1, -0.05) is 0 Å². The first-order chi connectivity index (χ1) is 3.39. The molecule has 9 heavy (non-hydrogen) atoms. The molecule has 1 aliphatic rings. The molecule has 0 spiro atoms. The van der Waals surface area contributed by atoms with Gasteiger partial charge in [0.15, 0.2) is 0 Å². The molecular weight excluding hydrogens is 142 g/mol. The summed E-state index contributed by atoms with van der Waals surface area (Å²) in [7, 11) is 0. The second kappa shape index (κ2) is 6.29. The Morgan fingerprint density at radius 3 is 1.67 bits per heavy atom. The third-order valence-corrected chi connectivity index (χ3v) is 1.41. The number of rotatable bonds is 0. The highest BCUT2D eigenvalue weighted by atomic mass is 35.5. The smallest absolute Gasteiger partial charge is 0.0768 e. The standard InChI is InChI=1S/C5H11NO.ClH.H2O/c7-6-4-2-1-3-5-6;;/h6H,1-5H2;1H;1H2. The van der Waals surface area contributed by atoms with Gasteiger partial charge in [0.05, 0.1) is 13.1 Å². The van der Waals surface area contributed by atoms with E-state index in [1.807, 2.05) is 0 Å². The molecule has 3 nitrogen and oxygen atoms in total. The molecular formula is C5H14ClNO2. The van der Waals surface area contributed by atoms with Gasteiger partial charge < -0.3 is 15.7 Å². The van der Waals surface area contributed by atoms with Crippen LogP contribution in [0.4, 0.5) is 0 Å². The fourth-order valence-corrected chi connectivity index (χ4v) is 0.946. The van der Waals surface area contributed by atoms with Crippen molar-refractivity contribution < 1.29 is 10.5 Å². The van der Waals surface area contributed by atoms with E-state index in [-0.39, 0.29) is 17.9 Å². The minimum Gasteiger partial charge on any atom is -0.634 e. The van der Waals surface area contributed by atoms with Crippen molar-refractivity contribution in [3.63, 3.8) is 0 Å². The average molecular weight is 156 g/mol. The van der Waals surface area contributed by atoms with E-state index in [0.717, 1.165) is 25.9 Å². The quantitative estimate of drug-likeness (QED) is 0.456. The van der Waals surface area contributed by atoms with Gasteiger partial charge in [0.25, 0.3) is 0 Å². The molecule has 0 aliphatic carbocycles. The molecule has 0 bridgehead atoms. The van der Waals surface area contributed by atoms with E-state index in [2.05, 4.69) is 0 Å². The Labute approximate surface area is 61.3 Å². The van der Waals surface area contributed by atoms with Crippen LogP contribution in [0.25, 0.3) is 0 Å². The van der Waals surface area contributed by atoms with Crippen molar-refractivity contribution in [1.82, 2.24) is 0 Å². The molecule has 58 valence electrons. The molecule has 0 amide bonds. The number of hydrogen-bond donors (Lipinski definition) is 1. The van der Waals surface area contributed by atoms with E-state index >= 15 is 0 Å². The minimum absolute atomic E-state index is 0. The molecule has 0 radical (unpaired) electrons. The van der Waals surface area contributed by atoms with E-state index in [1.165, 1.54) is 6.42 Å². The molecule has 0 aromatic carbocycles. The molecule has 0 aromatic rings. The third-order valence-electron chi connectivity index (χ3n) is 1.41. The molecule has 1 rings (SSSR count). The maximum Gasteiger partial charge on any atom is 0.0768 e. The van der Waals surface area contributed by atoms with Crippen LogP contribution >= 0.6 is 12.4 Å². The lowest BCUT2D eigenvalue weighted by atomic mass is 10.2. The lowest BCUT2D eigenvalue weighted by molar-refractivity contribution is -0.853. The highest BCUT2D eigenvalue weighted by molar-refractivity contribution is 5.85. The Morgan fingerprint density at radius 2 is 1.44 bits per heavy atom. The third kappa shape index (κ3) is 4.66. The number of hydroxylamine groups is 2. The van der Waals surface area contributed by atoms with Crippen molar-refractivity contribution in [2.24, 2.45) is 0 Å². The number of halogens is 1. The predicted octanol–water partition coefficient (Wildman–Crippen LogP) is -0.850. The molecule has 3 N–H and O–H groups in total. The van der Waals surface area contributed by atoms with Crippen LogP contribution in [0.15, 0.2) is 0 Å². The van der Waals surface area contributed by atoms with Crippen molar-refractivity contribution in [2.75, 3.05) is 13.1 Å². The lowest BCUT2D eigenvalue weighted by Crippen LogP contribution is -3.07. The van der Waals surface area contributed by atoms with E-state index in [0.29, 0.717) is 5.06 Å². The summed E-state index contributed by atoms with van der Waals surface area (Å²) >= 11 is 0. The minimum atomic E-state index is 0. The zero-order chi connectivity index (χ0) is 5.11. The highest BCUT2D eigenvalue weighted by Crippen LogP contribution is 1.93. The van der Waals surface area contributed by atoms with Gasteiger partial charge in [-0.3, -0.25) is 0 Å². The van der Waals surface area contributed by atoms with Crippen molar-refractivity contribution in [3.05, 3.63) is 5.21 Å². The normalized spacial score (nSPS) is 19.7. The molecule has 4 heteroatoms. The largest absolute Gasteiger partial charge is 0.634 e. The molecule has 0 aromatic heterocycles. The van der Waals surface area contributed by atoms with E-state index in [1.54, 1.807) is 0 Å². The van der Waals surface area contributed by atoms with Crippen molar-refractivity contribution >= 4 is 12.4 Å². The Balaban J connectivity index is 0. The van der Waals surface area contributed by atoms with Gasteiger partial charge >= 0.3 is 0 Å². The van der Waals surface area contributed by atoms with E-state index in [4.69, 9.17) is 0 Å². The topological polar surface area (TPSA) is 59.0 Å². The van der Waals surface area contributed by atoms with Crippen molar-refractivity contribution in [2.45, 2.75) is 19.3 Å². The van der Waals surface area contributed by atoms with Gasteiger partial charge in [-0.25, -0.2) is 0 Å². The van der Waals surface area contributed by atoms with E-state index < -0.39 is 0 Å². The monoisotopic (exact) mass is 155 g/mol. The average Bonchev–Trinajstić information content (AvgIpc) is 1.69. The van der Waals surface area contributed by atoms with Gasteiger partial charge in [-0.2, -0.15) is 0 Å². The summed E-state index contributed by atoms with van der Waals surface area (Å²) in [6.45, 7) is 1.69. The fraction of sp³-hybridized carbons (Fsp3) is 1.00. The van der Waals surface area contributed by atoms with Gasteiger partial charge in [-0.05, 0) is 19.3 Å². The molecule has 1 fully saturated rings. The number of piperidine rings is 1. The molecule has 1 aliphatic heterocycles. The van der Waals surface area contributed by atoms with Crippen LogP contribution in [0.1, 0.15) is 19.3 Å². The first kappa shape index (κ1) is 11.9. The second-order valence-corrected chi connectivity index (χ2v) is 2.10. The van der Waals surface area contributed by atoms with Crippen LogP contribution in [0.5, 0.6) is 0 Å².